The fraction of sp³-hybridized carbons (Fsp3) is 0.938. The monoisotopic (exact) mass is 336 g/mol. The Hall–Kier alpha value is -0.980. The molecule has 0 aromatic heterocycles. The van der Waals surface area contributed by atoms with Crippen molar-refractivity contribution in [1.82, 2.24) is 15.5 Å². The molecule has 0 atom stereocenters. The standard InChI is InChI=1S/C16H31F3N4/c1-4-15(8-6-9-15)12-22-14(20-5-2)21-10-7-11-23(3)13-16(17,18)19/h4-13H2,1-3H3,(H2,20,21,22). The van der Waals surface area contributed by atoms with E-state index >= 15 is 0 Å². The van der Waals surface area contributed by atoms with Crippen molar-refractivity contribution < 1.29 is 13.2 Å². The minimum Gasteiger partial charge on any atom is -0.357 e. The number of aliphatic imine (C=N–C) groups is 1. The normalized spacial score (nSPS) is 18.0. The second-order valence-corrected chi connectivity index (χ2v) is 6.54. The van der Waals surface area contributed by atoms with Crippen LogP contribution in [0.3, 0.4) is 0 Å². The molecule has 0 radical (unpaired) electrons. The Balaban J connectivity index is 2.30. The Labute approximate surface area is 137 Å². The zero-order valence-corrected chi connectivity index (χ0v) is 14.6. The Morgan fingerprint density at radius 3 is 2.39 bits per heavy atom. The Morgan fingerprint density at radius 1 is 1.22 bits per heavy atom. The molecule has 2 N–H and O–H groups in total. The van der Waals surface area contributed by atoms with Crippen molar-refractivity contribution in [2.75, 3.05) is 39.8 Å². The van der Waals surface area contributed by atoms with Crippen LogP contribution >= 0.6 is 0 Å². The first-order chi connectivity index (χ1) is 10.8. The van der Waals surface area contributed by atoms with Gasteiger partial charge >= 0.3 is 6.18 Å². The Kier molecular flexibility index (Phi) is 8.16. The van der Waals surface area contributed by atoms with Gasteiger partial charge in [0, 0.05) is 19.6 Å². The summed E-state index contributed by atoms with van der Waals surface area (Å²) in [7, 11) is 1.49. The number of guanidine groups is 1. The summed E-state index contributed by atoms with van der Waals surface area (Å²) in [6, 6.07) is 0. The maximum atomic E-state index is 12.2. The summed E-state index contributed by atoms with van der Waals surface area (Å²) in [5, 5.41) is 6.41. The number of alkyl halides is 3. The smallest absolute Gasteiger partial charge is 0.357 e. The van der Waals surface area contributed by atoms with Crippen LogP contribution in [0.1, 0.15) is 46.0 Å². The lowest BCUT2D eigenvalue weighted by Crippen LogP contribution is -2.41. The summed E-state index contributed by atoms with van der Waals surface area (Å²) in [5.41, 5.74) is 0.370. The van der Waals surface area contributed by atoms with Crippen LogP contribution in [0.15, 0.2) is 4.99 Å². The van der Waals surface area contributed by atoms with Crippen molar-refractivity contribution in [3.8, 4) is 0 Å². The molecule has 1 rings (SSSR count). The molecule has 0 unspecified atom stereocenters. The first-order valence-electron chi connectivity index (χ1n) is 8.58. The highest BCUT2D eigenvalue weighted by Crippen LogP contribution is 2.43. The van der Waals surface area contributed by atoms with Crippen LogP contribution in [0.4, 0.5) is 13.2 Å². The van der Waals surface area contributed by atoms with Gasteiger partial charge in [0.1, 0.15) is 0 Å². The molecular weight excluding hydrogens is 305 g/mol. The molecule has 1 aliphatic carbocycles. The van der Waals surface area contributed by atoms with E-state index in [9.17, 15) is 13.2 Å². The van der Waals surface area contributed by atoms with Crippen LogP contribution < -0.4 is 10.6 Å². The van der Waals surface area contributed by atoms with Gasteiger partial charge in [0.05, 0.1) is 6.54 Å². The van der Waals surface area contributed by atoms with Gasteiger partial charge in [0.25, 0.3) is 0 Å². The van der Waals surface area contributed by atoms with Gasteiger partial charge in [-0.25, -0.2) is 0 Å². The lowest BCUT2D eigenvalue weighted by molar-refractivity contribution is -0.143. The van der Waals surface area contributed by atoms with Crippen LogP contribution in [0.2, 0.25) is 0 Å². The molecule has 0 amide bonds. The van der Waals surface area contributed by atoms with Crippen molar-refractivity contribution in [2.45, 2.75) is 52.1 Å². The summed E-state index contributed by atoms with van der Waals surface area (Å²) in [6.07, 6.45) is 1.45. The largest absolute Gasteiger partial charge is 0.401 e. The van der Waals surface area contributed by atoms with Gasteiger partial charge in [-0.1, -0.05) is 13.3 Å². The first-order valence-corrected chi connectivity index (χ1v) is 8.58. The topological polar surface area (TPSA) is 39.7 Å². The van der Waals surface area contributed by atoms with Crippen LogP contribution in [0.25, 0.3) is 0 Å². The fourth-order valence-corrected chi connectivity index (χ4v) is 2.83. The predicted molar refractivity (Wildman–Crippen MR) is 88.7 cm³/mol. The minimum atomic E-state index is -4.13. The van der Waals surface area contributed by atoms with Crippen molar-refractivity contribution in [3.05, 3.63) is 0 Å². The number of hydrogen-bond acceptors (Lipinski definition) is 2. The van der Waals surface area contributed by atoms with Gasteiger partial charge in [-0.15, -0.1) is 0 Å². The number of hydrogen-bond donors (Lipinski definition) is 2. The van der Waals surface area contributed by atoms with E-state index in [-0.39, 0.29) is 0 Å². The zero-order valence-electron chi connectivity index (χ0n) is 14.6. The molecule has 1 fully saturated rings. The maximum absolute atomic E-state index is 12.2. The number of rotatable bonds is 9. The van der Waals surface area contributed by atoms with Gasteiger partial charge in [0.2, 0.25) is 0 Å². The van der Waals surface area contributed by atoms with Gasteiger partial charge in [-0.3, -0.25) is 9.89 Å². The van der Waals surface area contributed by atoms with Gasteiger partial charge in [0.15, 0.2) is 5.96 Å². The molecule has 1 saturated carbocycles. The third-order valence-electron chi connectivity index (χ3n) is 4.54. The molecule has 136 valence electrons. The number of halogens is 3. The molecule has 0 aromatic rings. The highest BCUT2D eigenvalue weighted by Gasteiger charge is 2.34. The van der Waals surface area contributed by atoms with Crippen molar-refractivity contribution in [1.29, 1.82) is 0 Å². The first kappa shape index (κ1) is 20.1. The molecule has 0 saturated heterocycles. The molecule has 23 heavy (non-hydrogen) atoms. The van der Waals surface area contributed by atoms with Crippen LogP contribution in [0, 0.1) is 5.41 Å². The van der Waals surface area contributed by atoms with E-state index in [1.165, 1.54) is 31.2 Å². The van der Waals surface area contributed by atoms with Crippen molar-refractivity contribution >= 4 is 5.96 Å². The third kappa shape index (κ3) is 7.90. The fourth-order valence-electron chi connectivity index (χ4n) is 2.83. The zero-order chi connectivity index (χ0) is 17.3. The lowest BCUT2D eigenvalue weighted by atomic mass is 9.67. The summed E-state index contributed by atoms with van der Waals surface area (Å²) in [4.78, 5) is 5.95. The van der Waals surface area contributed by atoms with Crippen LogP contribution in [-0.4, -0.2) is 56.8 Å². The van der Waals surface area contributed by atoms with Crippen LogP contribution in [0.5, 0.6) is 0 Å². The molecule has 0 heterocycles. The quantitative estimate of drug-likeness (QED) is 0.386. The third-order valence-corrected chi connectivity index (χ3v) is 4.54. The average Bonchev–Trinajstić information content (AvgIpc) is 2.40. The maximum Gasteiger partial charge on any atom is 0.401 e. The van der Waals surface area contributed by atoms with E-state index in [0.29, 0.717) is 24.9 Å². The molecule has 0 aromatic carbocycles. The molecule has 0 bridgehead atoms. The van der Waals surface area contributed by atoms with E-state index in [0.717, 1.165) is 25.5 Å². The number of nitrogens with one attached hydrogen (secondary N) is 2. The van der Waals surface area contributed by atoms with E-state index in [2.05, 4.69) is 22.5 Å². The predicted octanol–water partition coefficient (Wildman–Crippen LogP) is 3.01. The summed E-state index contributed by atoms with van der Waals surface area (Å²) < 4.78 is 36.7. The second kappa shape index (κ2) is 9.35. The Morgan fingerprint density at radius 2 is 1.91 bits per heavy atom. The molecule has 1 aliphatic rings. The molecular formula is C16H31F3N4. The van der Waals surface area contributed by atoms with Crippen molar-refractivity contribution in [2.24, 2.45) is 10.4 Å². The minimum absolute atomic E-state index is 0.370. The van der Waals surface area contributed by atoms with Gasteiger partial charge in [-0.2, -0.15) is 13.2 Å². The van der Waals surface area contributed by atoms with Crippen LogP contribution in [-0.2, 0) is 0 Å². The molecule has 4 nitrogen and oxygen atoms in total. The molecule has 0 aliphatic heterocycles. The lowest BCUT2D eigenvalue weighted by Gasteiger charge is -2.40. The highest BCUT2D eigenvalue weighted by atomic mass is 19.4. The highest BCUT2D eigenvalue weighted by molar-refractivity contribution is 5.79. The van der Waals surface area contributed by atoms with E-state index in [1.807, 2.05) is 6.92 Å². The second-order valence-electron chi connectivity index (χ2n) is 6.54. The van der Waals surface area contributed by atoms with Gasteiger partial charge < -0.3 is 10.6 Å². The summed E-state index contributed by atoms with van der Waals surface area (Å²) >= 11 is 0. The molecule has 0 spiro atoms. The number of nitrogens with zero attached hydrogens (tertiary/aromatic N) is 2. The van der Waals surface area contributed by atoms with E-state index in [4.69, 9.17) is 0 Å². The Bertz CT molecular complexity index is 359. The SMILES string of the molecule is CCNC(=NCC1(CC)CCC1)NCCCN(C)CC(F)(F)F. The molecule has 7 heteroatoms. The average molecular weight is 336 g/mol. The van der Waals surface area contributed by atoms with E-state index in [1.54, 1.807) is 0 Å². The van der Waals surface area contributed by atoms with Gasteiger partial charge in [-0.05, 0) is 51.6 Å². The van der Waals surface area contributed by atoms with E-state index < -0.39 is 12.7 Å². The summed E-state index contributed by atoms with van der Waals surface area (Å²) in [5.74, 6) is 0.769. The van der Waals surface area contributed by atoms with Crippen molar-refractivity contribution in [3.63, 3.8) is 0 Å². The summed E-state index contributed by atoms with van der Waals surface area (Å²) in [6.45, 7) is 5.99.